The fourth-order valence-electron chi connectivity index (χ4n) is 0.179. The molecule has 0 atom stereocenters. The van der Waals surface area contributed by atoms with Crippen LogP contribution in [-0.2, 0) is 9.53 Å². The van der Waals surface area contributed by atoms with Crippen molar-refractivity contribution < 1.29 is 9.53 Å². The number of carbonyl (C=O) groups excluding carboxylic acids is 1. The smallest absolute Gasteiger partial charge is 0.333 e. The van der Waals surface area contributed by atoms with Gasteiger partial charge >= 0.3 is 5.97 Å². The van der Waals surface area contributed by atoms with E-state index in [1.807, 2.05) is 0 Å². The van der Waals surface area contributed by atoms with Crippen molar-refractivity contribution in [3.63, 3.8) is 0 Å². The molecule has 0 heterocycles. The number of rotatable bonds is 1. The minimum atomic E-state index is -0.727. The molecule has 8 heavy (non-hydrogen) atoms. The summed E-state index contributed by atoms with van der Waals surface area (Å²) < 4.78 is 3.65. The van der Waals surface area contributed by atoms with E-state index in [1.54, 1.807) is 6.92 Å². The zero-order valence-electron chi connectivity index (χ0n) is 4.57. The number of methoxy groups -OCH3 is 1. The standard InChI is InChI=1S/C4H6Br2O2/c1-4(5,6)3(7)8-2/h1-2H3. The van der Waals surface area contributed by atoms with Gasteiger partial charge in [-0.2, -0.15) is 0 Å². The minimum absolute atomic E-state index is 0.336. The van der Waals surface area contributed by atoms with E-state index in [2.05, 4.69) is 36.6 Å². The van der Waals surface area contributed by atoms with Crippen LogP contribution < -0.4 is 0 Å². The number of alkyl halides is 2. The lowest BCUT2D eigenvalue weighted by molar-refractivity contribution is -0.140. The summed E-state index contributed by atoms with van der Waals surface area (Å²) in [5, 5.41) is 0. The second kappa shape index (κ2) is 2.82. The molecule has 0 saturated carbocycles. The van der Waals surface area contributed by atoms with E-state index in [0.717, 1.165) is 0 Å². The molecular formula is C4H6Br2O2. The van der Waals surface area contributed by atoms with Gasteiger partial charge in [0.05, 0.1) is 7.11 Å². The summed E-state index contributed by atoms with van der Waals surface area (Å²) in [5.74, 6) is -0.336. The van der Waals surface area contributed by atoms with Gasteiger partial charge in [-0.25, -0.2) is 4.79 Å². The fourth-order valence-corrected chi connectivity index (χ4v) is 0.503. The van der Waals surface area contributed by atoms with E-state index < -0.39 is 3.23 Å². The van der Waals surface area contributed by atoms with Crippen molar-refractivity contribution >= 4 is 37.8 Å². The Bertz CT molecular complexity index is 94.7. The largest absolute Gasteiger partial charge is 0.467 e. The molecule has 0 unspecified atom stereocenters. The zero-order chi connectivity index (χ0) is 6.78. The van der Waals surface area contributed by atoms with Gasteiger partial charge in [-0.15, -0.1) is 0 Å². The molecule has 0 aromatic rings. The Hall–Kier alpha value is 0.430. The summed E-state index contributed by atoms with van der Waals surface area (Å²) >= 11 is 6.09. The molecule has 2 nitrogen and oxygen atoms in total. The quantitative estimate of drug-likeness (QED) is 0.519. The molecule has 0 radical (unpaired) electrons. The molecule has 0 N–H and O–H groups in total. The molecular weight excluding hydrogens is 240 g/mol. The molecule has 0 aliphatic carbocycles. The van der Waals surface area contributed by atoms with Gasteiger partial charge in [0, 0.05) is 0 Å². The first-order chi connectivity index (χ1) is 3.48. The van der Waals surface area contributed by atoms with Crippen LogP contribution in [0, 0.1) is 0 Å². The van der Waals surface area contributed by atoms with Crippen LogP contribution in [0.15, 0.2) is 0 Å². The highest BCUT2D eigenvalue weighted by atomic mass is 79.9. The highest BCUT2D eigenvalue weighted by Crippen LogP contribution is 2.25. The number of carbonyl (C=O) groups is 1. The number of halogens is 2. The van der Waals surface area contributed by atoms with E-state index in [0.29, 0.717) is 0 Å². The molecule has 4 heteroatoms. The van der Waals surface area contributed by atoms with E-state index in [-0.39, 0.29) is 5.97 Å². The van der Waals surface area contributed by atoms with Gasteiger partial charge in [0.15, 0.2) is 3.23 Å². The number of esters is 1. The third-order valence-electron chi connectivity index (χ3n) is 0.544. The van der Waals surface area contributed by atoms with Crippen molar-refractivity contribution in [3.8, 4) is 0 Å². The van der Waals surface area contributed by atoms with Crippen molar-refractivity contribution in [1.29, 1.82) is 0 Å². The molecule has 0 amide bonds. The summed E-state index contributed by atoms with van der Waals surface area (Å²) in [6.07, 6.45) is 0. The normalized spacial score (nSPS) is 11.0. The summed E-state index contributed by atoms with van der Waals surface area (Å²) in [6, 6.07) is 0. The van der Waals surface area contributed by atoms with Crippen LogP contribution in [-0.4, -0.2) is 16.3 Å². The van der Waals surface area contributed by atoms with E-state index in [4.69, 9.17) is 0 Å². The lowest BCUT2D eigenvalue weighted by Gasteiger charge is -2.08. The SMILES string of the molecule is COC(=O)C(C)(Br)Br. The van der Waals surface area contributed by atoms with E-state index >= 15 is 0 Å². The second-order valence-electron chi connectivity index (χ2n) is 1.38. The monoisotopic (exact) mass is 244 g/mol. The van der Waals surface area contributed by atoms with Gasteiger partial charge in [0.25, 0.3) is 0 Å². The van der Waals surface area contributed by atoms with Crippen LogP contribution in [0.4, 0.5) is 0 Å². The van der Waals surface area contributed by atoms with Gasteiger partial charge in [0.1, 0.15) is 0 Å². The van der Waals surface area contributed by atoms with Gasteiger partial charge in [-0.3, -0.25) is 0 Å². The third kappa shape index (κ3) is 2.67. The van der Waals surface area contributed by atoms with Crippen molar-refractivity contribution in [2.45, 2.75) is 10.2 Å². The summed E-state index contributed by atoms with van der Waals surface area (Å²) in [6.45, 7) is 1.65. The molecule has 0 rings (SSSR count). The maximum absolute atomic E-state index is 10.5. The van der Waals surface area contributed by atoms with Crippen molar-refractivity contribution in [1.82, 2.24) is 0 Å². The van der Waals surface area contributed by atoms with Crippen molar-refractivity contribution in [2.24, 2.45) is 0 Å². The topological polar surface area (TPSA) is 26.3 Å². The van der Waals surface area contributed by atoms with Crippen LogP contribution in [0.3, 0.4) is 0 Å². The summed E-state index contributed by atoms with van der Waals surface area (Å²) in [4.78, 5) is 10.5. The second-order valence-corrected chi connectivity index (χ2v) is 5.62. The van der Waals surface area contributed by atoms with Gasteiger partial charge < -0.3 is 4.74 Å². The number of hydrogen-bond acceptors (Lipinski definition) is 2. The molecule has 48 valence electrons. The highest BCUT2D eigenvalue weighted by molar-refractivity contribution is 9.25. The van der Waals surface area contributed by atoms with Gasteiger partial charge in [-0.1, -0.05) is 31.9 Å². The predicted molar refractivity (Wildman–Crippen MR) is 38.3 cm³/mol. The van der Waals surface area contributed by atoms with Crippen LogP contribution >= 0.6 is 31.9 Å². The lowest BCUT2D eigenvalue weighted by atomic mass is 10.5. The average molecular weight is 246 g/mol. The van der Waals surface area contributed by atoms with Crippen LogP contribution in [0.1, 0.15) is 6.92 Å². The molecule has 0 aliphatic rings. The predicted octanol–water partition coefficient (Wildman–Crippen LogP) is 1.67. The van der Waals surface area contributed by atoms with Gasteiger partial charge in [0.2, 0.25) is 0 Å². The Morgan fingerprint density at radius 3 is 2.00 bits per heavy atom. The number of hydrogen-bond donors (Lipinski definition) is 0. The maximum atomic E-state index is 10.5. The molecule has 0 bridgehead atoms. The first kappa shape index (κ1) is 8.43. The first-order valence-corrected chi connectivity index (χ1v) is 3.53. The van der Waals surface area contributed by atoms with E-state index in [9.17, 15) is 4.79 Å². The van der Waals surface area contributed by atoms with Gasteiger partial charge in [-0.05, 0) is 6.92 Å². The van der Waals surface area contributed by atoms with Crippen LogP contribution in [0.5, 0.6) is 0 Å². The minimum Gasteiger partial charge on any atom is -0.467 e. The molecule has 0 aromatic heterocycles. The van der Waals surface area contributed by atoms with Crippen LogP contribution in [0.2, 0.25) is 0 Å². The Morgan fingerprint density at radius 2 is 2.00 bits per heavy atom. The lowest BCUT2D eigenvalue weighted by Crippen LogP contribution is -2.21. The Balaban J connectivity index is 3.82. The molecule has 0 spiro atoms. The number of ether oxygens (including phenoxy) is 1. The average Bonchev–Trinajstić information content (AvgIpc) is 1.62. The van der Waals surface area contributed by atoms with Crippen molar-refractivity contribution in [2.75, 3.05) is 7.11 Å². The summed E-state index contributed by atoms with van der Waals surface area (Å²) in [5.41, 5.74) is 0. The Morgan fingerprint density at radius 1 is 1.62 bits per heavy atom. The van der Waals surface area contributed by atoms with E-state index in [1.165, 1.54) is 7.11 Å². The third-order valence-corrected chi connectivity index (χ3v) is 1.19. The molecule has 0 fully saturated rings. The van der Waals surface area contributed by atoms with Crippen LogP contribution in [0.25, 0.3) is 0 Å². The molecule has 0 aliphatic heterocycles. The molecule has 0 saturated heterocycles. The molecule has 0 aromatic carbocycles. The zero-order valence-corrected chi connectivity index (χ0v) is 7.74. The Kier molecular flexibility index (Phi) is 2.98. The highest BCUT2D eigenvalue weighted by Gasteiger charge is 2.26. The maximum Gasteiger partial charge on any atom is 0.333 e. The van der Waals surface area contributed by atoms with Crippen molar-refractivity contribution in [3.05, 3.63) is 0 Å². The Labute approximate surface area is 64.8 Å². The fraction of sp³-hybridized carbons (Fsp3) is 0.750. The first-order valence-electron chi connectivity index (χ1n) is 1.94. The summed E-state index contributed by atoms with van der Waals surface area (Å²) in [7, 11) is 1.34.